The fourth-order valence-corrected chi connectivity index (χ4v) is 2.53. The van der Waals surface area contributed by atoms with Gasteiger partial charge in [-0.15, -0.1) is 0 Å². The number of carboxylic acids is 1. The fourth-order valence-electron chi connectivity index (χ4n) is 2.53. The molecule has 1 heterocycles. The second-order valence-electron chi connectivity index (χ2n) is 5.45. The lowest BCUT2D eigenvalue weighted by Crippen LogP contribution is -2.37. The molecule has 18 heavy (non-hydrogen) atoms. The lowest BCUT2D eigenvalue weighted by Gasteiger charge is -2.24. The van der Waals surface area contributed by atoms with Crippen molar-refractivity contribution in [2.45, 2.75) is 32.6 Å². The second-order valence-corrected chi connectivity index (χ2v) is 5.45. The van der Waals surface area contributed by atoms with Crippen molar-refractivity contribution in [2.24, 2.45) is 5.41 Å². The Balaban J connectivity index is 2.58. The zero-order valence-electron chi connectivity index (χ0n) is 11.6. The van der Waals surface area contributed by atoms with Crippen molar-refractivity contribution >= 4 is 11.9 Å². The quantitative estimate of drug-likeness (QED) is 0.771. The van der Waals surface area contributed by atoms with Crippen molar-refractivity contribution < 1.29 is 14.7 Å². The number of hydrogen-bond donors (Lipinski definition) is 1. The van der Waals surface area contributed by atoms with Crippen LogP contribution in [0.2, 0.25) is 0 Å². The number of hydrogen-bond acceptors (Lipinski definition) is 3. The van der Waals surface area contributed by atoms with Crippen LogP contribution in [0.3, 0.4) is 0 Å². The van der Waals surface area contributed by atoms with Gasteiger partial charge in [0.1, 0.15) is 0 Å². The normalized spacial score (nSPS) is 23.7. The average molecular weight is 256 g/mol. The smallest absolute Gasteiger partial charge is 0.311 e. The van der Waals surface area contributed by atoms with Gasteiger partial charge in [-0.2, -0.15) is 0 Å². The molecule has 1 aliphatic heterocycles. The number of rotatable bonds is 6. The van der Waals surface area contributed by atoms with Crippen LogP contribution in [0.25, 0.3) is 0 Å². The van der Waals surface area contributed by atoms with Gasteiger partial charge in [-0.25, -0.2) is 0 Å². The predicted octanol–water partition coefficient (Wildman–Crippen LogP) is 1.04. The Morgan fingerprint density at radius 2 is 2.06 bits per heavy atom. The standard InChI is InChI=1S/C13H24N2O3/c1-4-6-13(12(17)18)7-9-15(10-13)11(16)5-8-14(2)3/h4-10H2,1-3H3,(H,17,18). The molecule has 1 fully saturated rings. The van der Waals surface area contributed by atoms with E-state index in [1.807, 2.05) is 25.9 Å². The SMILES string of the molecule is CCCC1(C(=O)O)CCN(C(=O)CCN(C)C)C1. The van der Waals surface area contributed by atoms with E-state index >= 15 is 0 Å². The zero-order chi connectivity index (χ0) is 13.8. The summed E-state index contributed by atoms with van der Waals surface area (Å²) in [5.74, 6) is -0.685. The average Bonchev–Trinajstić information content (AvgIpc) is 2.72. The molecule has 1 rings (SSSR count). The Kier molecular flexibility index (Phi) is 5.14. The van der Waals surface area contributed by atoms with Crippen molar-refractivity contribution in [3.8, 4) is 0 Å². The fraction of sp³-hybridized carbons (Fsp3) is 0.846. The number of aliphatic carboxylic acids is 1. The van der Waals surface area contributed by atoms with Crippen LogP contribution in [0.15, 0.2) is 0 Å². The Bertz CT molecular complexity index is 317. The summed E-state index contributed by atoms with van der Waals surface area (Å²) >= 11 is 0. The minimum atomic E-state index is -0.757. The summed E-state index contributed by atoms with van der Waals surface area (Å²) in [5, 5.41) is 9.37. The van der Waals surface area contributed by atoms with E-state index in [1.54, 1.807) is 4.90 Å². The monoisotopic (exact) mass is 256 g/mol. The van der Waals surface area contributed by atoms with Crippen molar-refractivity contribution in [1.82, 2.24) is 9.80 Å². The summed E-state index contributed by atoms with van der Waals surface area (Å²) in [6.07, 6.45) is 2.55. The third-order valence-corrected chi connectivity index (χ3v) is 3.66. The summed E-state index contributed by atoms with van der Waals surface area (Å²) in [6, 6.07) is 0. The largest absolute Gasteiger partial charge is 0.481 e. The van der Waals surface area contributed by atoms with Crippen molar-refractivity contribution in [3.05, 3.63) is 0 Å². The molecule has 1 saturated heterocycles. The van der Waals surface area contributed by atoms with Crippen LogP contribution in [-0.4, -0.2) is 60.5 Å². The van der Waals surface area contributed by atoms with E-state index < -0.39 is 11.4 Å². The van der Waals surface area contributed by atoms with Crippen LogP contribution in [0.1, 0.15) is 32.6 Å². The van der Waals surface area contributed by atoms with Gasteiger partial charge in [-0.3, -0.25) is 9.59 Å². The summed E-state index contributed by atoms with van der Waals surface area (Å²) in [6.45, 7) is 3.66. The molecule has 1 N–H and O–H groups in total. The molecule has 5 heteroatoms. The zero-order valence-corrected chi connectivity index (χ0v) is 11.6. The molecule has 1 amide bonds. The van der Waals surface area contributed by atoms with E-state index in [1.165, 1.54) is 0 Å². The lowest BCUT2D eigenvalue weighted by molar-refractivity contribution is -0.149. The van der Waals surface area contributed by atoms with E-state index in [0.29, 0.717) is 38.9 Å². The molecule has 0 spiro atoms. The van der Waals surface area contributed by atoms with Crippen LogP contribution >= 0.6 is 0 Å². The highest BCUT2D eigenvalue weighted by atomic mass is 16.4. The highest BCUT2D eigenvalue weighted by Gasteiger charge is 2.45. The minimum Gasteiger partial charge on any atom is -0.481 e. The maximum absolute atomic E-state index is 12.0. The number of amides is 1. The van der Waals surface area contributed by atoms with Gasteiger partial charge in [0.2, 0.25) is 5.91 Å². The van der Waals surface area contributed by atoms with E-state index in [0.717, 1.165) is 6.42 Å². The molecule has 0 aromatic heterocycles. The molecule has 0 aromatic carbocycles. The summed E-state index contributed by atoms with van der Waals surface area (Å²) in [5.41, 5.74) is -0.706. The number of nitrogens with zero attached hydrogens (tertiary/aromatic N) is 2. The first-order valence-electron chi connectivity index (χ1n) is 6.57. The summed E-state index contributed by atoms with van der Waals surface area (Å²) in [4.78, 5) is 27.1. The van der Waals surface area contributed by atoms with E-state index in [2.05, 4.69) is 0 Å². The van der Waals surface area contributed by atoms with Gasteiger partial charge in [0.05, 0.1) is 5.41 Å². The first-order valence-corrected chi connectivity index (χ1v) is 6.57. The third kappa shape index (κ3) is 3.45. The number of likely N-dealkylation sites (tertiary alicyclic amines) is 1. The first kappa shape index (κ1) is 15.0. The van der Waals surface area contributed by atoms with Crippen molar-refractivity contribution in [1.29, 1.82) is 0 Å². The topological polar surface area (TPSA) is 60.9 Å². The summed E-state index contributed by atoms with van der Waals surface area (Å²) in [7, 11) is 3.85. The molecule has 0 bridgehead atoms. The molecule has 0 saturated carbocycles. The Labute approximate surface area is 109 Å². The van der Waals surface area contributed by atoms with E-state index in [9.17, 15) is 14.7 Å². The van der Waals surface area contributed by atoms with Gasteiger partial charge in [-0.05, 0) is 26.9 Å². The van der Waals surface area contributed by atoms with Crippen molar-refractivity contribution in [3.63, 3.8) is 0 Å². The predicted molar refractivity (Wildman–Crippen MR) is 69.3 cm³/mol. The Morgan fingerprint density at radius 3 is 2.56 bits per heavy atom. The molecule has 0 aromatic rings. The highest BCUT2D eigenvalue weighted by Crippen LogP contribution is 2.35. The molecule has 0 aliphatic carbocycles. The van der Waals surface area contributed by atoms with Crippen LogP contribution in [-0.2, 0) is 9.59 Å². The molecule has 0 radical (unpaired) electrons. The second kappa shape index (κ2) is 6.18. The summed E-state index contributed by atoms with van der Waals surface area (Å²) < 4.78 is 0. The van der Waals surface area contributed by atoms with Gasteiger partial charge in [0, 0.05) is 26.1 Å². The maximum Gasteiger partial charge on any atom is 0.311 e. The number of carbonyl (C=O) groups is 2. The van der Waals surface area contributed by atoms with Gasteiger partial charge < -0.3 is 14.9 Å². The lowest BCUT2D eigenvalue weighted by atomic mass is 9.83. The van der Waals surface area contributed by atoms with Gasteiger partial charge in [-0.1, -0.05) is 13.3 Å². The molecule has 5 nitrogen and oxygen atoms in total. The highest BCUT2D eigenvalue weighted by molar-refractivity contribution is 5.80. The molecular formula is C13H24N2O3. The Hall–Kier alpha value is -1.10. The maximum atomic E-state index is 12.0. The molecule has 1 atom stereocenters. The molecule has 1 unspecified atom stereocenters. The van der Waals surface area contributed by atoms with Crippen molar-refractivity contribution in [2.75, 3.05) is 33.7 Å². The van der Waals surface area contributed by atoms with Crippen LogP contribution in [0, 0.1) is 5.41 Å². The van der Waals surface area contributed by atoms with Gasteiger partial charge in [0.15, 0.2) is 0 Å². The van der Waals surface area contributed by atoms with Gasteiger partial charge in [0.25, 0.3) is 0 Å². The third-order valence-electron chi connectivity index (χ3n) is 3.66. The first-order chi connectivity index (χ1) is 8.41. The van der Waals surface area contributed by atoms with E-state index in [-0.39, 0.29) is 5.91 Å². The molecular weight excluding hydrogens is 232 g/mol. The number of carbonyl (C=O) groups excluding carboxylic acids is 1. The molecule has 1 aliphatic rings. The number of carboxylic acid groups (broad SMARTS) is 1. The van der Waals surface area contributed by atoms with Crippen LogP contribution in [0.5, 0.6) is 0 Å². The van der Waals surface area contributed by atoms with Gasteiger partial charge >= 0.3 is 5.97 Å². The molecule has 104 valence electrons. The van der Waals surface area contributed by atoms with E-state index in [4.69, 9.17) is 0 Å². The Morgan fingerprint density at radius 1 is 1.39 bits per heavy atom. The minimum absolute atomic E-state index is 0.0722. The van der Waals surface area contributed by atoms with Crippen LogP contribution < -0.4 is 0 Å². The van der Waals surface area contributed by atoms with Crippen LogP contribution in [0.4, 0.5) is 0 Å².